The van der Waals surface area contributed by atoms with Crippen molar-refractivity contribution in [3.63, 3.8) is 0 Å². The molecular formula is C10H12N6O2S. The minimum Gasteiger partial charge on any atom is -0.369 e. The number of nitrogens with one attached hydrogen (secondary N) is 2. The van der Waals surface area contributed by atoms with Gasteiger partial charge in [0.1, 0.15) is 11.6 Å². The molecule has 0 saturated carbocycles. The Hall–Kier alpha value is -2.26. The lowest BCUT2D eigenvalue weighted by Gasteiger charge is -2.06. The van der Waals surface area contributed by atoms with E-state index in [0.29, 0.717) is 12.4 Å². The Morgan fingerprint density at radius 1 is 1.42 bits per heavy atom. The summed E-state index contributed by atoms with van der Waals surface area (Å²) < 4.78 is 0. The minimum atomic E-state index is -0.492. The molecule has 0 saturated heterocycles. The number of anilines is 2. The number of hydrogen-bond acceptors (Lipinski definition) is 8. The lowest BCUT2D eigenvalue weighted by molar-refractivity contribution is -0.384. The van der Waals surface area contributed by atoms with Gasteiger partial charge < -0.3 is 10.7 Å². The van der Waals surface area contributed by atoms with Gasteiger partial charge in [0.25, 0.3) is 5.69 Å². The van der Waals surface area contributed by atoms with Crippen LogP contribution < -0.4 is 16.6 Å². The zero-order valence-corrected chi connectivity index (χ0v) is 10.7. The summed E-state index contributed by atoms with van der Waals surface area (Å²) in [5.41, 5.74) is 4.96. The van der Waals surface area contributed by atoms with Crippen molar-refractivity contribution in [3.8, 4) is 0 Å². The largest absolute Gasteiger partial charge is 0.369 e. The molecule has 0 aliphatic carbocycles. The summed E-state index contributed by atoms with van der Waals surface area (Å²) in [6.45, 7) is 0.585. The van der Waals surface area contributed by atoms with Gasteiger partial charge in [-0.25, -0.2) is 15.8 Å². The smallest absolute Gasteiger partial charge is 0.276 e. The number of aromatic nitrogens is 2. The van der Waals surface area contributed by atoms with Gasteiger partial charge in [-0.2, -0.15) is 0 Å². The highest BCUT2D eigenvalue weighted by molar-refractivity contribution is 7.07. The van der Waals surface area contributed by atoms with Gasteiger partial charge in [-0.05, 0) is 0 Å². The van der Waals surface area contributed by atoms with Crippen LogP contribution in [0, 0.1) is 10.1 Å². The first-order chi connectivity index (χ1) is 9.19. The van der Waals surface area contributed by atoms with Gasteiger partial charge in [0.05, 0.1) is 28.3 Å². The molecule has 2 heterocycles. The van der Waals surface area contributed by atoms with Crippen molar-refractivity contribution in [2.24, 2.45) is 5.84 Å². The number of hydrazine groups is 1. The molecule has 100 valence electrons. The molecule has 9 heteroatoms. The van der Waals surface area contributed by atoms with E-state index in [1.807, 2.05) is 5.38 Å². The second-order valence-electron chi connectivity index (χ2n) is 3.65. The lowest BCUT2D eigenvalue weighted by Crippen LogP contribution is -2.12. The van der Waals surface area contributed by atoms with Gasteiger partial charge in [-0.15, -0.1) is 11.3 Å². The van der Waals surface area contributed by atoms with E-state index in [1.165, 1.54) is 23.5 Å². The standard InChI is InChI=1S/C10H12N6O2S/c11-15-10-4-8(16(17)18)3-9(14-10)12-2-1-7-5-19-6-13-7/h3-6H,1-2,11H2,(H2,12,14,15). The Morgan fingerprint density at radius 2 is 2.21 bits per heavy atom. The summed E-state index contributed by atoms with van der Waals surface area (Å²) in [7, 11) is 0. The summed E-state index contributed by atoms with van der Waals surface area (Å²) in [5.74, 6) is 5.86. The number of nitro groups is 1. The molecule has 2 aromatic heterocycles. The third-order valence-corrected chi connectivity index (χ3v) is 2.97. The molecule has 0 bridgehead atoms. The van der Waals surface area contributed by atoms with E-state index < -0.39 is 4.92 Å². The van der Waals surface area contributed by atoms with Crippen LogP contribution >= 0.6 is 11.3 Å². The van der Waals surface area contributed by atoms with Crippen LogP contribution in [0.3, 0.4) is 0 Å². The van der Waals surface area contributed by atoms with E-state index in [0.717, 1.165) is 12.1 Å². The molecule has 0 aromatic carbocycles. The number of nitrogen functional groups attached to an aromatic ring is 1. The molecule has 0 aliphatic heterocycles. The molecule has 0 atom stereocenters. The van der Waals surface area contributed by atoms with Crippen molar-refractivity contribution in [3.05, 3.63) is 38.8 Å². The highest BCUT2D eigenvalue weighted by atomic mass is 32.1. The molecule has 0 spiro atoms. The van der Waals surface area contributed by atoms with Gasteiger partial charge in [0.15, 0.2) is 0 Å². The maximum Gasteiger partial charge on any atom is 0.276 e. The summed E-state index contributed by atoms with van der Waals surface area (Å²) in [4.78, 5) is 18.5. The summed E-state index contributed by atoms with van der Waals surface area (Å²) in [6, 6.07) is 2.63. The normalized spacial score (nSPS) is 10.2. The summed E-state index contributed by atoms with van der Waals surface area (Å²) >= 11 is 1.53. The quantitative estimate of drug-likeness (QED) is 0.415. The van der Waals surface area contributed by atoms with Gasteiger partial charge in [0, 0.05) is 18.3 Å². The third-order valence-electron chi connectivity index (χ3n) is 2.34. The van der Waals surface area contributed by atoms with Crippen molar-refractivity contribution in [2.75, 3.05) is 17.3 Å². The maximum absolute atomic E-state index is 10.8. The van der Waals surface area contributed by atoms with Crippen molar-refractivity contribution >= 4 is 28.7 Å². The van der Waals surface area contributed by atoms with Crippen LogP contribution in [0.1, 0.15) is 5.69 Å². The van der Waals surface area contributed by atoms with Gasteiger partial charge in [0.2, 0.25) is 0 Å². The van der Waals surface area contributed by atoms with E-state index in [2.05, 4.69) is 20.7 Å². The molecule has 19 heavy (non-hydrogen) atoms. The SMILES string of the molecule is NNc1cc([N+](=O)[O-])cc(NCCc2cscn2)n1. The minimum absolute atomic E-state index is 0.0703. The predicted molar refractivity (Wildman–Crippen MR) is 73.0 cm³/mol. The zero-order chi connectivity index (χ0) is 13.7. The van der Waals surface area contributed by atoms with Crippen LogP contribution in [0.5, 0.6) is 0 Å². The zero-order valence-electron chi connectivity index (χ0n) is 9.87. The Morgan fingerprint density at radius 3 is 2.84 bits per heavy atom. The predicted octanol–water partition coefficient (Wildman–Crippen LogP) is 1.39. The average Bonchev–Trinajstić information content (AvgIpc) is 2.91. The Bertz CT molecular complexity index is 559. The maximum atomic E-state index is 10.8. The number of hydrogen-bond donors (Lipinski definition) is 3. The molecule has 2 rings (SSSR count). The van der Waals surface area contributed by atoms with Crippen molar-refractivity contribution < 1.29 is 4.92 Å². The van der Waals surface area contributed by atoms with Crippen LogP contribution in [0.2, 0.25) is 0 Å². The van der Waals surface area contributed by atoms with E-state index in [-0.39, 0.29) is 11.5 Å². The third kappa shape index (κ3) is 3.60. The van der Waals surface area contributed by atoms with Crippen molar-refractivity contribution in [2.45, 2.75) is 6.42 Å². The second-order valence-corrected chi connectivity index (χ2v) is 4.37. The van der Waals surface area contributed by atoms with Crippen LogP contribution in [0.25, 0.3) is 0 Å². The average molecular weight is 280 g/mol. The molecule has 0 radical (unpaired) electrons. The second kappa shape index (κ2) is 6.07. The lowest BCUT2D eigenvalue weighted by atomic mass is 10.3. The fourth-order valence-corrected chi connectivity index (χ4v) is 2.06. The van der Waals surface area contributed by atoms with Gasteiger partial charge in [-0.1, -0.05) is 0 Å². The van der Waals surface area contributed by atoms with Gasteiger partial charge >= 0.3 is 0 Å². The Balaban J connectivity index is 2.02. The highest BCUT2D eigenvalue weighted by Gasteiger charge is 2.10. The Kier molecular flexibility index (Phi) is 4.21. The molecule has 0 fully saturated rings. The van der Waals surface area contributed by atoms with Crippen LogP contribution in [0.15, 0.2) is 23.0 Å². The van der Waals surface area contributed by atoms with Crippen LogP contribution in [0.4, 0.5) is 17.3 Å². The van der Waals surface area contributed by atoms with Gasteiger partial charge in [-0.3, -0.25) is 10.1 Å². The van der Waals surface area contributed by atoms with Crippen LogP contribution in [-0.2, 0) is 6.42 Å². The number of nitrogens with zero attached hydrogens (tertiary/aromatic N) is 3. The van der Waals surface area contributed by atoms with E-state index in [1.54, 1.807) is 5.51 Å². The summed E-state index contributed by atoms with van der Waals surface area (Å²) in [5, 5.41) is 15.7. The number of rotatable bonds is 6. The molecular weight excluding hydrogens is 268 g/mol. The first-order valence-electron chi connectivity index (χ1n) is 5.43. The van der Waals surface area contributed by atoms with E-state index >= 15 is 0 Å². The topological polar surface area (TPSA) is 119 Å². The number of thiazole rings is 1. The first kappa shape index (κ1) is 13.2. The van der Waals surface area contributed by atoms with E-state index in [4.69, 9.17) is 5.84 Å². The monoisotopic (exact) mass is 280 g/mol. The van der Waals surface area contributed by atoms with Crippen molar-refractivity contribution in [1.82, 2.24) is 9.97 Å². The Labute approximate surface area is 112 Å². The van der Waals surface area contributed by atoms with Crippen LogP contribution in [-0.4, -0.2) is 21.4 Å². The molecule has 0 amide bonds. The highest BCUT2D eigenvalue weighted by Crippen LogP contribution is 2.19. The fourth-order valence-electron chi connectivity index (χ4n) is 1.47. The molecule has 0 unspecified atom stereocenters. The molecule has 0 aliphatic rings. The summed E-state index contributed by atoms with van der Waals surface area (Å²) in [6.07, 6.45) is 0.721. The first-order valence-corrected chi connectivity index (χ1v) is 6.37. The van der Waals surface area contributed by atoms with E-state index in [9.17, 15) is 10.1 Å². The fraction of sp³-hybridized carbons (Fsp3) is 0.200. The number of pyridine rings is 1. The number of nitrogens with two attached hydrogens (primary N) is 1. The molecule has 4 N–H and O–H groups in total. The molecule has 8 nitrogen and oxygen atoms in total. The van der Waals surface area contributed by atoms with Crippen molar-refractivity contribution in [1.29, 1.82) is 0 Å². The molecule has 2 aromatic rings.